The Morgan fingerprint density at radius 1 is 1.04 bits per heavy atom. The second-order valence-electron chi connectivity index (χ2n) is 5.03. The molecule has 25 heavy (non-hydrogen) atoms. The maximum absolute atomic E-state index is 12.2. The molecule has 0 amide bonds. The molecule has 0 spiro atoms. The average Bonchev–Trinajstić information content (AvgIpc) is 2.52. The van der Waals surface area contributed by atoms with Gasteiger partial charge < -0.3 is 18.4 Å². The van der Waals surface area contributed by atoms with Crippen LogP contribution >= 0.6 is 0 Å². The molecule has 8 nitrogen and oxygen atoms in total. The molecule has 9 heteroatoms. The molecule has 3 rings (SSSR count). The normalized spacial score (nSPS) is 11.4. The van der Waals surface area contributed by atoms with Crippen LogP contribution in [0.4, 0.5) is 0 Å². The summed E-state index contributed by atoms with van der Waals surface area (Å²) in [5, 5.41) is 9.81. The van der Waals surface area contributed by atoms with Gasteiger partial charge in [-0.15, -0.1) is 0 Å². The summed E-state index contributed by atoms with van der Waals surface area (Å²) in [7, 11) is -3.47. The lowest BCUT2D eigenvalue weighted by atomic mass is 10.1. The van der Waals surface area contributed by atoms with Gasteiger partial charge in [-0.25, -0.2) is 0 Å². The lowest BCUT2D eigenvalue weighted by molar-refractivity contribution is 0.360. The number of hydrogen-bond acceptors (Lipinski definition) is 7. The van der Waals surface area contributed by atoms with Crippen LogP contribution in [0.2, 0.25) is 0 Å². The number of rotatable bonds is 4. The minimum atomic E-state index is -4.76. The summed E-state index contributed by atoms with van der Waals surface area (Å²) in [6.45, 7) is 0. The van der Waals surface area contributed by atoms with Crippen molar-refractivity contribution in [2.45, 2.75) is 0 Å². The SMILES string of the molecule is COc1ccc(-c2cc(=O)c3ccc(O)cc3o2)cc1OS(=O)(=O)O. The highest BCUT2D eigenvalue weighted by molar-refractivity contribution is 7.81. The molecular formula is C16H12O8S. The van der Waals surface area contributed by atoms with Crippen molar-refractivity contribution in [2.75, 3.05) is 7.11 Å². The van der Waals surface area contributed by atoms with Crippen molar-refractivity contribution < 1.29 is 31.4 Å². The second kappa shape index (κ2) is 6.11. The van der Waals surface area contributed by atoms with Crippen molar-refractivity contribution in [3.63, 3.8) is 0 Å². The predicted octanol–water partition coefficient (Wildman–Crippen LogP) is 2.36. The van der Waals surface area contributed by atoms with Gasteiger partial charge in [-0.2, -0.15) is 8.42 Å². The zero-order chi connectivity index (χ0) is 18.2. The Labute approximate surface area is 141 Å². The van der Waals surface area contributed by atoms with Gasteiger partial charge >= 0.3 is 10.4 Å². The number of hydrogen-bond donors (Lipinski definition) is 2. The van der Waals surface area contributed by atoms with E-state index in [4.69, 9.17) is 13.7 Å². The molecule has 0 aliphatic carbocycles. The van der Waals surface area contributed by atoms with Gasteiger partial charge in [0, 0.05) is 17.7 Å². The molecule has 3 aromatic rings. The molecule has 0 fully saturated rings. The lowest BCUT2D eigenvalue weighted by Crippen LogP contribution is -2.07. The third-order valence-electron chi connectivity index (χ3n) is 3.36. The van der Waals surface area contributed by atoms with Crippen LogP contribution in [0, 0.1) is 0 Å². The van der Waals surface area contributed by atoms with Crippen LogP contribution in [0.5, 0.6) is 17.2 Å². The van der Waals surface area contributed by atoms with Crippen LogP contribution in [0.3, 0.4) is 0 Å². The molecule has 0 radical (unpaired) electrons. The first kappa shape index (κ1) is 16.8. The van der Waals surface area contributed by atoms with Crippen molar-refractivity contribution in [3.8, 4) is 28.6 Å². The Morgan fingerprint density at radius 3 is 2.48 bits per heavy atom. The van der Waals surface area contributed by atoms with E-state index in [1.54, 1.807) is 0 Å². The van der Waals surface area contributed by atoms with Gasteiger partial charge in [0.25, 0.3) is 0 Å². The molecule has 0 aliphatic heterocycles. The number of ether oxygens (including phenoxy) is 1. The number of phenols is 1. The van der Waals surface area contributed by atoms with Crippen LogP contribution in [0.25, 0.3) is 22.3 Å². The van der Waals surface area contributed by atoms with E-state index in [-0.39, 0.29) is 39.4 Å². The predicted molar refractivity (Wildman–Crippen MR) is 88.3 cm³/mol. The first-order valence-corrected chi connectivity index (χ1v) is 8.25. The fourth-order valence-electron chi connectivity index (χ4n) is 2.29. The largest absolute Gasteiger partial charge is 0.508 e. The van der Waals surface area contributed by atoms with E-state index in [0.717, 1.165) is 0 Å². The van der Waals surface area contributed by atoms with Gasteiger partial charge in [-0.1, -0.05) is 0 Å². The quantitative estimate of drug-likeness (QED) is 0.676. The van der Waals surface area contributed by atoms with Crippen molar-refractivity contribution >= 4 is 21.4 Å². The molecule has 0 saturated carbocycles. The summed E-state index contributed by atoms with van der Waals surface area (Å²) >= 11 is 0. The van der Waals surface area contributed by atoms with Gasteiger partial charge in [0.1, 0.15) is 17.1 Å². The Hall–Kier alpha value is -3.04. The molecule has 0 atom stereocenters. The highest BCUT2D eigenvalue weighted by atomic mass is 32.3. The van der Waals surface area contributed by atoms with Crippen molar-refractivity contribution in [2.24, 2.45) is 0 Å². The molecule has 0 aliphatic rings. The van der Waals surface area contributed by atoms with Crippen molar-refractivity contribution in [1.29, 1.82) is 0 Å². The molecule has 0 unspecified atom stereocenters. The number of methoxy groups -OCH3 is 1. The molecule has 2 N–H and O–H groups in total. The monoisotopic (exact) mass is 364 g/mol. The molecule has 1 aromatic heterocycles. The van der Waals surface area contributed by atoms with Gasteiger partial charge in [0.15, 0.2) is 16.9 Å². The van der Waals surface area contributed by atoms with Crippen LogP contribution in [0.1, 0.15) is 0 Å². The number of phenolic OH excluding ortho intramolecular Hbond substituents is 1. The van der Waals surface area contributed by atoms with Gasteiger partial charge in [-0.3, -0.25) is 9.35 Å². The Balaban J connectivity index is 2.17. The first-order valence-electron chi connectivity index (χ1n) is 6.89. The fourth-order valence-corrected chi connectivity index (χ4v) is 2.65. The Morgan fingerprint density at radius 2 is 1.80 bits per heavy atom. The fraction of sp³-hybridized carbons (Fsp3) is 0.0625. The standard InChI is InChI=1S/C16H12O8S/c1-22-13-5-2-9(6-16(13)24-25(19,20)21)14-8-12(18)11-4-3-10(17)7-15(11)23-14/h2-8,17H,1H3,(H,19,20,21). The highest BCUT2D eigenvalue weighted by Crippen LogP contribution is 2.34. The smallest absolute Gasteiger partial charge is 0.446 e. The highest BCUT2D eigenvalue weighted by Gasteiger charge is 2.16. The molecule has 0 saturated heterocycles. The van der Waals surface area contributed by atoms with E-state index in [9.17, 15) is 18.3 Å². The zero-order valence-corrected chi connectivity index (χ0v) is 13.6. The van der Waals surface area contributed by atoms with E-state index in [1.807, 2.05) is 0 Å². The minimum Gasteiger partial charge on any atom is -0.508 e. The Kier molecular flexibility index (Phi) is 4.11. The van der Waals surface area contributed by atoms with Crippen molar-refractivity contribution in [1.82, 2.24) is 0 Å². The van der Waals surface area contributed by atoms with Gasteiger partial charge in [-0.05, 0) is 30.3 Å². The summed E-state index contributed by atoms with van der Waals surface area (Å²) in [6, 6.07) is 9.45. The third kappa shape index (κ3) is 3.57. The van der Waals surface area contributed by atoms with Gasteiger partial charge in [0.2, 0.25) is 0 Å². The second-order valence-corrected chi connectivity index (χ2v) is 6.05. The number of fused-ring (bicyclic) bond motifs is 1. The number of benzene rings is 2. The molecule has 130 valence electrons. The third-order valence-corrected chi connectivity index (χ3v) is 3.75. The summed E-state index contributed by atoms with van der Waals surface area (Å²) in [5.41, 5.74) is 0.127. The maximum Gasteiger partial charge on any atom is 0.446 e. The van der Waals surface area contributed by atoms with Gasteiger partial charge in [0.05, 0.1) is 12.5 Å². The maximum atomic E-state index is 12.2. The van der Waals surface area contributed by atoms with E-state index in [2.05, 4.69) is 4.18 Å². The molecule has 1 heterocycles. The van der Waals surface area contributed by atoms with Crippen LogP contribution < -0.4 is 14.3 Å². The first-order chi connectivity index (χ1) is 11.8. The molecule has 2 aromatic carbocycles. The summed E-state index contributed by atoms with van der Waals surface area (Å²) in [4.78, 5) is 12.2. The lowest BCUT2D eigenvalue weighted by Gasteiger charge is -2.10. The van der Waals surface area contributed by atoms with Crippen LogP contribution in [-0.4, -0.2) is 25.2 Å². The molecule has 0 bridgehead atoms. The van der Waals surface area contributed by atoms with Crippen LogP contribution in [0.15, 0.2) is 51.7 Å². The van der Waals surface area contributed by atoms with E-state index < -0.39 is 10.4 Å². The van der Waals surface area contributed by atoms with E-state index in [1.165, 1.54) is 49.6 Å². The average molecular weight is 364 g/mol. The minimum absolute atomic E-state index is 0.0576. The number of aromatic hydroxyl groups is 1. The van der Waals surface area contributed by atoms with Crippen LogP contribution in [-0.2, 0) is 10.4 Å². The summed E-state index contributed by atoms with van der Waals surface area (Å²) < 4.78 is 45.8. The van der Waals surface area contributed by atoms with E-state index in [0.29, 0.717) is 5.56 Å². The van der Waals surface area contributed by atoms with E-state index >= 15 is 0 Å². The zero-order valence-electron chi connectivity index (χ0n) is 12.8. The summed E-state index contributed by atoms with van der Waals surface area (Å²) in [6.07, 6.45) is 0. The topological polar surface area (TPSA) is 123 Å². The summed E-state index contributed by atoms with van der Waals surface area (Å²) in [5.74, 6) is -0.174. The Bertz CT molecular complexity index is 1110. The molecular weight excluding hydrogens is 352 g/mol. The van der Waals surface area contributed by atoms with Crippen molar-refractivity contribution in [3.05, 3.63) is 52.7 Å².